The molecule has 0 saturated carbocycles. The summed E-state index contributed by atoms with van der Waals surface area (Å²) in [5.74, 6) is 0.677. The molecule has 7 aromatic rings. The van der Waals surface area contributed by atoms with Gasteiger partial charge in [-0.3, -0.25) is 43.9 Å². The number of phenols is 1. The molecule has 0 radical (unpaired) electrons. The number of aliphatic imine (C=N–C) groups is 2. The smallest absolute Gasteiger partial charge is 0.446 e. The van der Waals surface area contributed by atoms with Crippen LogP contribution in [-0.2, 0) is 33.8 Å². The molecular weight excluding hydrogens is 1110 g/mol. The minimum atomic E-state index is -4.64. The number of allylic oxidation sites excluding steroid dienone is 2. The van der Waals surface area contributed by atoms with E-state index in [2.05, 4.69) is 61.5 Å². The van der Waals surface area contributed by atoms with E-state index < -0.39 is 24.3 Å². The van der Waals surface area contributed by atoms with E-state index in [0.717, 1.165) is 33.7 Å². The largest absolute Gasteiger partial charge is 0.507 e. The Labute approximate surface area is 486 Å². The van der Waals surface area contributed by atoms with Crippen LogP contribution in [-0.4, -0.2) is 75.4 Å². The van der Waals surface area contributed by atoms with Crippen LogP contribution in [0.4, 0.5) is 13.2 Å². The number of rotatable bonds is 17. The van der Waals surface area contributed by atoms with E-state index in [1.165, 1.54) is 18.3 Å². The number of alkyl halides is 3. The van der Waals surface area contributed by atoms with Crippen molar-refractivity contribution in [2.75, 3.05) is 13.1 Å². The van der Waals surface area contributed by atoms with E-state index in [1.807, 2.05) is 42.5 Å². The number of aromatic nitrogens is 2. The van der Waals surface area contributed by atoms with E-state index in [1.54, 1.807) is 66.9 Å². The summed E-state index contributed by atoms with van der Waals surface area (Å²) in [5, 5.41) is 11.9. The van der Waals surface area contributed by atoms with Crippen molar-refractivity contribution < 1.29 is 56.5 Å². The van der Waals surface area contributed by atoms with Crippen molar-refractivity contribution in [3.05, 3.63) is 177 Å². The van der Waals surface area contributed by atoms with Crippen LogP contribution in [0.25, 0.3) is 21.8 Å². The van der Waals surface area contributed by atoms with E-state index in [0.29, 0.717) is 92.1 Å². The van der Waals surface area contributed by atoms with Gasteiger partial charge >= 0.3 is 6.18 Å². The van der Waals surface area contributed by atoms with Crippen molar-refractivity contribution >= 4 is 86.1 Å². The van der Waals surface area contributed by atoms with Crippen molar-refractivity contribution in [1.29, 1.82) is 0 Å². The summed E-state index contributed by atoms with van der Waals surface area (Å²) >= 11 is 13.0. The van der Waals surface area contributed by atoms with E-state index >= 15 is 0 Å². The van der Waals surface area contributed by atoms with Crippen LogP contribution in [0.2, 0.25) is 10.0 Å². The molecule has 15 nitrogen and oxygen atoms in total. The van der Waals surface area contributed by atoms with Crippen LogP contribution in [0.1, 0.15) is 91.8 Å². The van der Waals surface area contributed by atoms with Gasteiger partial charge in [0, 0.05) is 93.3 Å². The van der Waals surface area contributed by atoms with Gasteiger partial charge in [-0.05, 0) is 88.5 Å². The lowest BCUT2D eigenvalue weighted by molar-refractivity contribution is -0.156. The van der Waals surface area contributed by atoms with Crippen molar-refractivity contribution in [2.24, 2.45) is 32.3 Å². The van der Waals surface area contributed by atoms with Gasteiger partial charge in [0.15, 0.2) is 0 Å². The number of carbonyl (C=O) groups is 5. The molecule has 83 heavy (non-hydrogen) atoms. The number of ether oxygens (including phenoxy) is 3. The van der Waals surface area contributed by atoms with Crippen LogP contribution in [0.15, 0.2) is 149 Å². The van der Waals surface area contributed by atoms with Gasteiger partial charge in [-0.1, -0.05) is 107 Å². The summed E-state index contributed by atoms with van der Waals surface area (Å²) in [6, 6.07) is 29.5. The zero-order valence-electron chi connectivity index (χ0n) is 46.2. The Morgan fingerprint density at radius 3 is 1.46 bits per heavy atom. The van der Waals surface area contributed by atoms with Crippen LogP contribution in [0.3, 0.4) is 0 Å². The highest BCUT2D eigenvalue weighted by molar-refractivity contribution is 6.32. The van der Waals surface area contributed by atoms with Gasteiger partial charge in [-0.25, -0.2) is 0 Å². The molecule has 0 aliphatic carbocycles. The minimum Gasteiger partial charge on any atom is -0.507 e. The Morgan fingerprint density at radius 1 is 0.602 bits per heavy atom. The average molecular weight is 1170 g/mol. The van der Waals surface area contributed by atoms with Gasteiger partial charge in [-0.2, -0.15) is 13.2 Å². The maximum absolute atomic E-state index is 12.8. The summed E-state index contributed by atoms with van der Waals surface area (Å²) < 4.78 is 49.3. The first-order valence-electron chi connectivity index (χ1n) is 25.9. The van der Waals surface area contributed by atoms with Gasteiger partial charge in [0.05, 0.1) is 35.2 Å². The number of halogens is 5. The minimum absolute atomic E-state index is 0.0281. The number of ketones is 2. The summed E-state index contributed by atoms with van der Waals surface area (Å²) in [7, 11) is 0. The number of aldehydes is 1. The van der Waals surface area contributed by atoms with Crippen LogP contribution >= 0.6 is 23.2 Å². The number of Topliss-reactive ketones (excluding diaryl/α,β-unsaturated/α-hetero) is 2. The van der Waals surface area contributed by atoms with E-state index in [-0.39, 0.29) is 58.7 Å². The molecule has 4 heterocycles. The lowest BCUT2D eigenvalue weighted by atomic mass is 9.89. The number of primary amides is 2. The number of carbonyl (C=O) groups excluding carboxylic acids is 5. The fraction of sp³-hybridized carbons (Fsp3) is 0.254. The number of pyridine rings is 2. The first-order valence-corrected chi connectivity index (χ1v) is 26.7. The van der Waals surface area contributed by atoms with Crippen molar-refractivity contribution in [2.45, 2.75) is 80.0 Å². The molecule has 0 fully saturated rings. The average Bonchev–Trinajstić information content (AvgIpc) is 4.31. The number of hydrogen-bond donors (Lipinski definition) is 3. The second-order valence-corrected chi connectivity index (χ2v) is 22.3. The molecule has 5 aromatic carbocycles. The third-order valence-electron chi connectivity index (χ3n) is 12.8. The topological polar surface area (TPSA) is 236 Å². The number of nitrogens with two attached hydrogens (primary N) is 2. The molecule has 2 aliphatic rings. The first kappa shape index (κ1) is 61.9. The van der Waals surface area contributed by atoms with Gasteiger partial charge in [0.25, 0.3) is 11.8 Å². The standard InChI is InChI=1S/C34H32ClN3O4.C27H26ClN3O4.C2HF3O/c1-34(2,3)32-14-22(19-38-32)13-24(39)15-23-9-10-25(16-28(23)35)42-30-11-12-37-29-18-31(27(33(36)40)17-26(29)30)41-20-21-7-5-4-6-8-21;1-27(2,3)25-9-15(14-31-25)8-17(32)10-16-4-5-18(11-21(16)28)35-24-6-7-30-22-13-23(33)20(26(29)34)12-19(22)24;3-2(4,5)1-6/h4-12,14,16-18H,13,15,19-20H2,1-3H3,(H2,36,40);4-7,9,11-13,33H,8,10,14H2,1-3H3,(H2,29,34);1H. The van der Waals surface area contributed by atoms with Gasteiger partial charge < -0.3 is 30.8 Å². The lowest BCUT2D eigenvalue weighted by Crippen LogP contribution is -2.16. The lowest BCUT2D eigenvalue weighted by Gasteiger charge is -2.16. The quantitative estimate of drug-likeness (QED) is 0.0725. The number of amides is 2. The highest BCUT2D eigenvalue weighted by Gasteiger charge is 2.26. The molecule has 0 spiro atoms. The van der Waals surface area contributed by atoms with Gasteiger partial charge in [-0.15, -0.1) is 0 Å². The fourth-order valence-corrected chi connectivity index (χ4v) is 9.05. The highest BCUT2D eigenvalue weighted by atomic mass is 35.5. The Hall–Kier alpha value is -8.74. The van der Waals surface area contributed by atoms with Gasteiger partial charge in [0.1, 0.15) is 52.7 Å². The Morgan fingerprint density at radius 2 is 1.05 bits per heavy atom. The third kappa shape index (κ3) is 17.2. The van der Waals surface area contributed by atoms with Crippen LogP contribution < -0.4 is 25.7 Å². The zero-order valence-corrected chi connectivity index (χ0v) is 47.7. The van der Waals surface area contributed by atoms with Crippen molar-refractivity contribution in [3.8, 4) is 34.5 Å². The van der Waals surface area contributed by atoms with Gasteiger partial charge in [0.2, 0.25) is 6.29 Å². The number of fused-ring (bicyclic) bond motifs is 2. The highest BCUT2D eigenvalue weighted by Crippen LogP contribution is 2.37. The number of nitrogens with zero attached hydrogens (tertiary/aromatic N) is 4. The summed E-state index contributed by atoms with van der Waals surface area (Å²) in [5.41, 5.74) is 18.6. The molecule has 2 aliphatic heterocycles. The SMILES string of the molecule is CC(C)(C)C1=NCC(CC(=O)Cc2ccc(Oc3ccnc4cc(O)c(C(N)=O)cc34)cc2Cl)=C1.CC(C)(C)C1=NCC(CC(=O)Cc2ccc(Oc3ccnc4cc(OCc5ccccc5)c(C(N)=O)cc34)cc2Cl)=C1.O=CC(F)(F)F. The van der Waals surface area contributed by atoms with Crippen molar-refractivity contribution in [1.82, 2.24) is 9.97 Å². The first-order chi connectivity index (χ1) is 39.1. The fourth-order valence-electron chi connectivity index (χ4n) is 8.57. The molecule has 430 valence electrons. The molecule has 0 saturated heterocycles. The van der Waals surface area contributed by atoms with Crippen molar-refractivity contribution in [3.63, 3.8) is 0 Å². The monoisotopic (exact) mass is 1170 g/mol. The zero-order chi connectivity index (χ0) is 60.4. The summed E-state index contributed by atoms with van der Waals surface area (Å²) in [4.78, 5) is 75.9. The normalized spacial score (nSPS) is 13.1. The van der Waals surface area contributed by atoms with E-state index in [9.17, 15) is 37.5 Å². The third-order valence-corrected chi connectivity index (χ3v) is 13.5. The Kier molecular flexibility index (Phi) is 19.7. The Bertz CT molecular complexity index is 3770. The molecule has 0 bridgehead atoms. The maximum Gasteiger partial charge on any atom is 0.446 e. The second kappa shape index (κ2) is 26.4. The number of aromatic hydroxyl groups is 1. The molecule has 0 unspecified atom stereocenters. The van der Waals surface area contributed by atoms with Crippen LogP contribution in [0, 0.1) is 10.8 Å². The molecule has 0 atom stereocenters. The molecule has 2 aromatic heterocycles. The summed E-state index contributed by atoms with van der Waals surface area (Å²) in [6.45, 7) is 14.1. The number of benzene rings is 5. The molecule has 5 N–H and O–H groups in total. The number of hydrogen-bond acceptors (Lipinski definition) is 13. The Balaban J connectivity index is 0.000000220. The molecule has 2 amide bonds. The predicted molar refractivity (Wildman–Crippen MR) is 314 cm³/mol. The summed E-state index contributed by atoms with van der Waals surface area (Å²) in [6.07, 6.45) is 2.62. The predicted octanol–water partition coefficient (Wildman–Crippen LogP) is 13.4. The second-order valence-electron chi connectivity index (χ2n) is 21.5. The maximum atomic E-state index is 12.8. The molecule has 20 heteroatoms. The molecular formula is C63H59Cl2F3N6O9. The molecule has 9 rings (SSSR count). The van der Waals surface area contributed by atoms with E-state index in [4.69, 9.17) is 53.7 Å². The van der Waals surface area contributed by atoms with Crippen LogP contribution in [0.5, 0.6) is 34.5 Å².